The van der Waals surface area contributed by atoms with Crippen LogP contribution in [0.5, 0.6) is 0 Å². The molecular weight excluding hydrogens is 142 g/mol. The van der Waals surface area contributed by atoms with Crippen molar-refractivity contribution in [1.82, 2.24) is 5.32 Å². The summed E-state index contributed by atoms with van der Waals surface area (Å²) in [6.45, 7) is 1.99. The number of aliphatic hydroxyl groups excluding tert-OH is 1. The normalized spacial score (nSPS) is 18.2. The lowest BCUT2D eigenvalue weighted by Gasteiger charge is -2.14. The third kappa shape index (κ3) is 2.35. The van der Waals surface area contributed by atoms with E-state index in [1.54, 1.807) is 6.92 Å². The second kappa shape index (κ2) is 3.53. The van der Waals surface area contributed by atoms with Crippen LogP contribution in [0.3, 0.4) is 0 Å². The molecule has 0 heterocycles. The third-order valence-corrected chi connectivity index (χ3v) is 1.65. The number of allylic oxidation sites excluding steroid dienone is 1. The van der Waals surface area contributed by atoms with Crippen LogP contribution in [-0.4, -0.2) is 23.7 Å². The smallest absolute Gasteiger partial charge is 0.246 e. The van der Waals surface area contributed by atoms with Gasteiger partial charge in [-0.3, -0.25) is 4.79 Å². The molecule has 3 nitrogen and oxygen atoms in total. The largest absolute Gasteiger partial charge is 0.392 e. The molecule has 0 bridgehead atoms. The van der Waals surface area contributed by atoms with E-state index in [0.717, 1.165) is 18.4 Å². The zero-order chi connectivity index (χ0) is 8.27. The van der Waals surface area contributed by atoms with Crippen molar-refractivity contribution in [2.75, 3.05) is 6.54 Å². The third-order valence-electron chi connectivity index (χ3n) is 1.65. The Morgan fingerprint density at radius 1 is 1.91 bits per heavy atom. The summed E-state index contributed by atoms with van der Waals surface area (Å²) in [5.41, 5.74) is 0.852. The standard InChI is InChI=1S/C8H13NO2/c1-6(10)5-9-8(11)7-3-2-4-7/h3,6,10H,2,4-5H2,1H3,(H,9,11). The van der Waals surface area contributed by atoms with Crippen LogP contribution in [0.4, 0.5) is 0 Å². The minimum Gasteiger partial charge on any atom is -0.392 e. The molecule has 1 aliphatic carbocycles. The van der Waals surface area contributed by atoms with Gasteiger partial charge in [0.25, 0.3) is 0 Å². The van der Waals surface area contributed by atoms with Crippen molar-refractivity contribution in [3.63, 3.8) is 0 Å². The van der Waals surface area contributed by atoms with Crippen molar-refractivity contribution in [3.8, 4) is 0 Å². The molecule has 0 aromatic heterocycles. The monoisotopic (exact) mass is 155 g/mol. The van der Waals surface area contributed by atoms with E-state index in [9.17, 15) is 4.79 Å². The quantitative estimate of drug-likeness (QED) is 0.611. The van der Waals surface area contributed by atoms with Gasteiger partial charge in [0.1, 0.15) is 0 Å². The van der Waals surface area contributed by atoms with E-state index in [2.05, 4.69) is 5.32 Å². The first-order valence-electron chi connectivity index (χ1n) is 3.85. The molecule has 2 N–H and O–H groups in total. The van der Waals surface area contributed by atoms with E-state index in [1.165, 1.54) is 0 Å². The fourth-order valence-electron chi connectivity index (χ4n) is 0.849. The number of amides is 1. The van der Waals surface area contributed by atoms with Crippen molar-refractivity contribution in [2.24, 2.45) is 0 Å². The lowest BCUT2D eigenvalue weighted by molar-refractivity contribution is -0.118. The number of carbonyl (C=O) groups is 1. The second-order valence-electron chi connectivity index (χ2n) is 2.83. The molecule has 0 radical (unpaired) electrons. The molecule has 1 unspecified atom stereocenters. The second-order valence-corrected chi connectivity index (χ2v) is 2.83. The number of carbonyl (C=O) groups excluding carboxylic acids is 1. The highest BCUT2D eigenvalue weighted by Crippen LogP contribution is 2.17. The number of rotatable bonds is 3. The SMILES string of the molecule is CC(O)CNC(=O)C1=CCC1. The Kier molecular flexibility index (Phi) is 2.65. The fourth-order valence-corrected chi connectivity index (χ4v) is 0.849. The molecule has 1 rings (SSSR count). The maximum atomic E-state index is 11.0. The van der Waals surface area contributed by atoms with Crippen LogP contribution in [0.2, 0.25) is 0 Å². The van der Waals surface area contributed by atoms with Gasteiger partial charge in [0.15, 0.2) is 0 Å². The van der Waals surface area contributed by atoms with Gasteiger partial charge in [0.2, 0.25) is 5.91 Å². The van der Waals surface area contributed by atoms with Crippen molar-refractivity contribution in [2.45, 2.75) is 25.9 Å². The number of hydrogen-bond donors (Lipinski definition) is 2. The van der Waals surface area contributed by atoms with Crippen LogP contribution >= 0.6 is 0 Å². The first-order chi connectivity index (χ1) is 5.20. The predicted octanol–water partition coefficient (Wildman–Crippen LogP) is 0.204. The molecule has 62 valence electrons. The minimum absolute atomic E-state index is 0.0304. The van der Waals surface area contributed by atoms with Crippen LogP contribution in [0.25, 0.3) is 0 Å². The molecule has 1 aliphatic rings. The van der Waals surface area contributed by atoms with E-state index in [0.29, 0.717) is 6.54 Å². The summed E-state index contributed by atoms with van der Waals surface area (Å²) in [6.07, 6.45) is 3.35. The van der Waals surface area contributed by atoms with Gasteiger partial charge < -0.3 is 10.4 Å². The summed E-state index contributed by atoms with van der Waals surface area (Å²) in [7, 11) is 0. The van der Waals surface area contributed by atoms with Gasteiger partial charge in [0, 0.05) is 12.1 Å². The van der Waals surface area contributed by atoms with E-state index in [-0.39, 0.29) is 5.91 Å². The zero-order valence-corrected chi connectivity index (χ0v) is 6.63. The summed E-state index contributed by atoms with van der Waals surface area (Å²) in [6, 6.07) is 0. The van der Waals surface area contributed by atoms with Crippen LogP contribution in [-0.2, 0) is 4.79 Å². The number of hydrogen-bond acceptors (Lipinski definition) is 2. The topological polar surface area (TPSA) is 49.3 Å². The molecule has 1 amide bonds. The van der Waals surface area contributed by atoms with E-state index in [4.69, 9.17) is 5.11 Å². The van der Waals surface area contributed by atoms with Crippen molar-refractivity contribution in [3.05, 3.63) is 11.6 Å². The molecule has 0 saturated carbocycles. The first kappa shape index (κ1) is 8.27. The van der Waals surface area contributed by atoms with E-state index >= 15 is 0 Å². The van der Waals surface area contributed by atoms with Crippen LogP contribution in [0.15, 0.2) is 11.6 Å². The zero-order valence-electron chi connectivity index (χ0n) is 6.63. The van der Waals surface area contributed by atoms with Gasteiger partial charge in [-0.2, -0.15) is 0 Å². The van der Waals surface area contributed by atoms with E-state index < -0.39 is 6.10 Å². The van der Waals surface area contributed by atoms with Crippen molar-refractivity contribution >= 4 is 5.91 Å². The molecule has 0 aliphatic heterocycles. The summed E-state index contributed by atoms with van der Waals surface area (Å²) in [5, 5.41) is 11.5. The van der Waals surface area contributed by atoms with Gasteiger partial charge in [-0.25, -0.2) is 0 Å². The Morgan fingerprint density at radius 2 is 2.55 bits per heavy atom. The van der Waals surface area contributed by atoms with Crippen molar-refractivity contribution in [1.29, 1.82) is 0 Å². The molecule has 3 heteroatoms. The molecular formula is C8H13NO2. The Bertz CT molecular complexity index is 185. The molecule has 0 fully saturated rings. The van der Waals surface area contributed by atoms with Crippen LogP contribution in [0, 0.1) is 0 Å². The molecule has 0 aromatic carbocycles. The Hall–Kier alpha value is -0.830. The minimum atomic E-state index is -0.459. The maximum absolute atomic E-state index is 11.0. The lowest BCUT2D eigenvalue weighted by Crippen LogP contribution is -2.32. The lowest BCUT2D eigenvalue weighted by atomic mass is 9.98. The molecule has 1 atom stereocenters. The fraction of sp³-hybridized carbons (Fsp3) is 0.625. The summed E-state index contributed by atoms with van der Waals surface area (Å²) < 4.78 is 0. The Labute approximate surface area is 66.1 Å². The number of nitrogens with one attached hydrogen (secondary N) is 1. The highest BCUT2D eigenvalue weighted by atomic mass is 16.3. The predicted molar refractivity (Wildman–Crippen MR) is 42.0 cm³/mol. The molecule has 0 saturated heterocycles. The van der Waals surface area contributed by atoms with Gasteiger partial charge in [-0.1, -0.05) is 6.08 Å². The Morgan fingerprint density at radius 3 is 2.91 bits per heavy atom. The molecule has 0 aromatic rings. The maximum Gasteiger partial charge on any atom is 0.246 e. The number of aliphatic hydroxyl groups is 1. The van der Waals surface area contributed by atoms with Crippen LogP contribution < -0.4 is 5.32 Å². The highest BCUT2D eigenvalue weighted by Gasteiger charge is 2.13. The highest BCUT2D eigenvalue weighted by molar-refractivity contribution is 5.94. The average Bonchev–Trinajstić information content (AvgIpc) is 1.79. The molecule has 0 spiro atoms. The first-order valence-corrected chi connectivity index (χ1v) is 3.85. The van der Waals surface area contributed by atoms with Gasteiger partial charge in [-0.15, -0.1) is 0 Å². The van der Waals surface area contributed by atoms with Gasteiger partial charge in [0.05, 0.1) is 6.10 Å². The van der Waals surface area contributed by atoms with E-state index in [1.807, 2.05) is 6.08 Å². The summed E-state index contributed by atoms with van der Waals surface area (Å²) >= 11 is 0. The van der Waals surface area contributed by atoms with Crippen LogP contribution in [0.1, 0.15) is 19.8 Å². The molecule has 11 heavy (non-hydrogen) atoms. The van der Waals surface area contributed by atoms with Gasteiger partial charge in [-0.05, 0) is 19.8 Å². The van der Waals surface area contributed by atoms with Crippen molar-refractivity contribution < 1.29 is 9.90 Å². The average molecular weight is 155 g/mol. The summed E-state index contributed by atoms with van der Waals surface area (Å²) in [4.78, 5) is 11.0. The van der Waals surface area contributed by atoms with Gasteiger partial charge >= 0.3 is 0 Å². The summed E-state index contributed by atoms with van der Waals surface area (Å²) in [5.74, 6) is -0.0304. The Balaban J connectivity index is 2.21.